The fraction of sp³-hybridized carbons (Fsp3) is 0. The molecular formula is C52H33NO2. The van der Waals surface area contributed by atoms with Gasteiger partial charge in [0.1, 0.15) is 22.3 Å². The monoisotopic (exact) mass is 703 g/mol. The van der Waals surface area contributed by atoms with E-state index in [4.69, 9.17) is 8.83 Å². The van der Waals surface area contributed by atoms with E-state index in [0.29, 0.717) is 0 Å². The zero-order chi connectivity index (χ0) is 36.3. The molecule has 2 heterocycles. The third kappa shape index (κ3) is 5.28. The zero-order valence-electron chi connectivity index (χ0n) is 29.8. The van der Waals surface area contributed by atoms with Crippen LogP contribution in [0.2, 0.25) is 0 Å². The Bertz CT molecular complexity index is 3200. The van der Waals surface area contributed by atoms with Gasteiger partial charge in [-0.1, -0.05) is 133 Å². The third-order valence-corrected chi connectivity index (χ3v) is 10.9. The van der Waals surface area contributed by atoms with Crippen LogP contribution in [0.1, 0.15) is 0 Å². The molecule has 0 saturated heterocycles. The fourth-order valence-electron chi connectivity index (χ4n) is 8.25. The molecule has 3 heteroatoms. The number of fused-ring (bicyclic) bond motifs is 7. The molecule has 2 aromatic heterocycles. The first-order valence-electron chi connectivity index (χ1n) is 18.7. The van der Waals surface area contributed by atoms with Gasteiger partial charge in [-0.15, -0.1) is 0 Å². The minimum Gasteiger partial charge on any atom is -0.456 e. The number of nitrogens with zero attached hydrogens (tertiary/aromatic N) is 1. The van der Waals surface area contributed by atoms with Crippen molar-refractivity contribution in [2.75, 3.05) is 4.90 Å². The molecule has 55 heavy (non-hydrogen) atoms. The average Bonchev–Trinajstić information content (AvgIpc) is 3.83. The van der Waals surface area contributed by atoms with Gasteiger partial charge < -0.3 is 13.7 Å². The Kier molecular flexibility index (Phi) is 7.17. The van der Waals surface area contributed by atoms with E-state index in [0.717, 1.165) is 83.2 Å². The van der Waals surface area contributed by atoms with Crippen LogP contribution in [0, 0.1) is 0 Å². The number of anilines is 3. The molecule has 0 aliphatic carbocycles. The van der Waals surface area contributed by atoms with Gasteiger partial charge >= 0.3 is 0 Å². The van der Waals surface area contributed by atoms with Gasteiger partial charge in [0, 0.05) is 38.6 Å². The highest BCUT2D eigenvalue weighted by molar-refractivity contribution is 6.12. The molecule has 0 aliphatic rings. The number of para-hydroxylation sites is 2. The van der Waals surface area contributed by atoms with E-state index in [-0.39, 0.29) is 0 Å². The first-order valence-corrected chi connectivity index (χ1v) is 18.7. The van der Waals surface area contributed by atoms with Crippen molar-refractivity contribution in [3.63, 3.8) is 0 Å². The van der Waals surface area contributed by atoms with Gasteiger partial charge in [0.15, 0.2) is 0 Å². The van der Waals surface area contributed by atoms with Gasteiger partial charge in [-0.05, 0) is 111 Å². The van der Waals surface area contributed by atoms with E-state index >= 15 is 0 Å². The molecule has 0 unspecified atom stereocenters. The van der Waals surface area contributed by atoms with E-state index in [9.17, 15) is 0 Å². The van der Waals surface area contributed by atoms with Crippen molar-refractivity contribution in [1.29, 1.82) is 0 Å². The molecule has 0 amide bonds. The number of hydrogen-bond donors (Lipinski definition) is 0. The van der Waals surface area contributed by atoms with Crippen LogP contribution in [-0.4, -0.2) is 0 Å². The van der Waals surface area contributed by atoms with Crippen molar-refractivity contribution in [2.45, 2.75) is 0 Å². The number of furan rings is 2. The summed E-state index contributed by atoms with van der Waals surface area (Å²) < 4.78 is 12.4. The second kappa shape index (κ2) is 12.6. The maximum Gasteiger partial charge on any atom is 0.136 e. The topological polar surface area (TPSA) is 29.5 Å². The van der Waals surface area contributed by atoms with E-state index in [1.165, 1.54) is 21.9 Å². The Morgan fingerprint density at radius 2 is 0.818 bits per heavy atom. The van der Waals surface area contributed by atoms with Crippen molar-refractivity contribution in [1.82, 2.24) is 0 Å². The Labute approximate surface area is 317 Å². The van der Waals surface area contributed by atoms with Crippen LogP contribution in [0.5, 0.6) is 0 Å². The van der Waals surface area contributed by atoms with Gasteiger partial charge in [0.2, 0.25) is 0 Å². The standard InChI is InChI=1S/C52H33NO2/c1-2-14-42-34(10-1)11-8-17-43(42)35-22-27-39(28-23-35)53(40-29-24-36(25-30-40)44-18-9-21-51-52(44)46-16-4-6-20-49(46)55-51)41-13-7-12-37(32-41)38-26-31-50-47(33-38)45-15-3-5-19-48(45)54-50/h1-33H. The lowest BCUT2D eigenvalue weighted by molar-refractivity contribution is 0.668. The van der Waals surface area contributed by atoms with E-state index in [2.05, 4.69) is 181 Å². The highest BCUT2D eigenvalue weighted by atomic mass is 16.3. The summed E-state index contributed by atoms with van der Waals surface area (Å²) in [6.45, 7) is 0. The van der Waals surface area contributed by atoms with E-state index in [1.807, 2.05) is 24.3 Å². The van der Waals surface area contributed by atoms with Crippen molar-refractivity contribution in [2.24, 2.45) is 0 Å². The van der Waals surface area contributed by atoms with Gasteiger partial charge in [-0.2, -0.15) is 0 Å². The number of benzene rings is 9. The Balaban J connectivity index is 1.03. The normalized spacial score (nSPS) is 11.6. The van der Waals surface area contributed by atoms with Crippen molar-refractivity contribution < 1.29 is 8.83 Å². The summed E-state index contributed by atoms with van der Waals surface area (Å²) in [5, 5.41) is 7.01. The summed E-state index contributed by atoms with van der Waals surface area (Å²) in [4.78, 5) is 2.35. The summed E-state index contributed by atoms with van der Waals surface area (Å²) in [6, 6.07) is 71.1. The van der Waals surface area contributed by atoms with Crippen LogP contribution in [0.25, 0.3) is 88.0 Å². The third-order valence-electron chi connectivity index (χ3n) is 10.9. The molecule has 0 aliphatic heterocycles. The lowest BCUT2D eigenvalue weighted by Crippen LogP contribution is -2.10. The summed E-state index contributed by atoms with van der Waals surface area (Å²) in [5.74, 6) is 0. The maximum atomic E-state index is 6.23. The summed E-state index contributed by atoms with van der Waals surface area (Å²) in [5.41, 5.74) is 13.8. The van der Waals surface area contributed by atoms with Crippen molar-refractivity contribution >= 4 is 71.7 Å². The van der Waals surface area contributed by atoms with Crippen molar-refractivity contribution in [3.8, 4) is 33.4 Å². The molecule has 0 N–H and O–H groups in total. The number of hydrogen-bond acceptors (Lipinski definition) is 3. The minimum atomic E-state index is 0.896. The lowest BCUT2D eigenvalue weighted by atomic mass is 9.97. The predicted octanol–water partition coefficient (Wildman–Crippen LogP) is 15.1. The molecule has 0 atom stereocenters. The highest BCUT2D eigenvalue weighted by Crippen LogP contribution is 2.42. The molecule has 0 spiro atoms. The van der Waals surface area contributed by atoms with Crippen LogP contribution in [0.15, 0.2) is 209 Å². The average molecular weight is 704 g/mol. The van der Waals surface area contributed by atoms with Crippen molar-refractivity contribution in [3.05, 3.63) is 200 Å². The number of rotatable bonds is 6. The first-order chi connectivity index (χ1) is 27.2. The first kappa shape index (κ1) is 31.2. The van der Waals surface area contributed by atoms with Crippen LogP contribution in [0.4, 0.5) is 17.1 Å². The smallest absolute Gasteiger partial charge is 0.136 e. The molecule has 0 bridgehead atoms. The van der Waals surface area contributed by atoms with Crippen LogP contribution in [-0.2, 0) is 0 Å². The molecule has 11 aromatic rings. The van der Waals surface area contributed by atoms with E-state index in [1.54, 1.807) is 0 Å². The Morgan fingerprint density at radius 3 is 1.62 bits per heavy atom. The Hall–Kier alpha value is -7.36. The van der Waals surface area contributed by atoms with Crippen LogP contribution >= 0.6 is 0 Å². The van der Waals surface area contributed by atoms with Crippen LogP contribution < -0.4 is 4.90 Å². The molecule has 258 valence electrons. The van der Waals surface area contributed by atoms with Crippen LogP contribution in [0.3, 0.4) is 0 Å². The second-order valence-corrected chi connectivity index (χ2v) is 14.1. The molecule has 0 fully saturated rings. The van der Waals surface area contributed by atoms with Gasteiger partial charge in [-0.3, -0.25) is 0 Å². The largest absolute Gasteiger partial charge is 0.456 e. The fourth-order valence-corrected chi connectivity index (χ4v) is 8.25. The van der Waals surface area contributed by atoms with Gasteiger partial charge in [0.05, 0.1) is 0 Å². The van der Waals surface area contributed by atoms with E-state index < -0.39 is 0 Å². The molecular weight excluding hydrogens is 671 g/mol. The zero-order valence-corrected chi connectivity index (χ0v) is 29.8. The van der Waals surface area contributed by atoms with Gasteiger partial charge in [0.25, 0.3) is 0 Å². The quantitative estimate of drug-likeness (QED) is 0.173. The summed E-state index contributed by atoms with van der Waals surface area (Å²) in [7, 11) is 0. The Morgan fingerprint density at radius 1 is 0.291 bits per heavy atom. The maximum absolute atomic E-state index is 6.23. The molecule has 0 radical (unpaired) electrons. The highest BCUT2D eigenvalue weighted by Gasteiger charge is 2.17. The van der Waals surface area contributed by atoms with Gasteiger partial charge in [-0.25, -0.2) is 0 Å². The minimum absolute atomic E-state index is 0.896. The molecule has 0 saturated carbocycles. The lowest BCUT2D eigenvalue weighted by Gasteiger charge is -2.26. The second-order valence-electron chi connectivity index (χ2n) is 14.1. The predicted molar refractivity (Wildman–Crippen MR) is 229 cm³/mol. The SMILES string of the molecule is c1cc(-c2ccc3oc4ccccc4c3c2)cc(N(c2ccc(-c3cccc4ccccc34)cc2)c2ccc(-c3cccc4oc5ccccc5c34)cc2)c1. The summed E-state index contributed by atoms with van der Waals surface area (Å²) in [6.07, 6.45) is 0. The molecule has 3 nitrogen and oxygen atoms in total. The summed E-state index contributed by atoms with van der Waals surface area (Å²) >= 11 is 0. The molecule has 9 aromatic carbocycles. The molecule has 11 rings (SSSR count).